The molecule has 2 rings (SSSR count). The minimum absolute atomic E-state index is 0.291. The number of hydrogen-bond donors (Lipinski definition) is 2. The van der Waals surface area contributed by atoms with E-state index in [0.29, 0.717) is 21.4 Å². The third-order valence-corrected chi connectivity index (χ3v) is 3.48. The molecule has 0 bridgehead atoms. The van der Waals surface area contributed by atoms with Gasteiger partial charge in [0.2, 0.25) is 0 Å². The third kappa shape index (κ3) is 4.91. The largest absolute Gasteiger partial charge is 0.497 e. The molecule has 2 N–H and O–H groups in total. The number of halogens is 2. The van der Waals surface area contributed by atoms with Crippen LogP contribution in [0.4, 0.5) is 10.1 Å². The Kier molecular flexibility index (Phi) is 5.90. The molecule has 0 saturated carbocycles. The van der Waals surface area contributed by atoms with Crippen molar-refractivity contribution >= 4 is 40.3 Å². The third-order valence-electron chi connectivity index (χ3n) is 2.97. The van der Waals surface area contributed by atoms with E-state index >= 15 is 0 Å². The predicted molar refractivity (Wildman–Crippen MR) is 96.0 cm³/mol. The average molecular weight is 352 g/mol. The topological polar surface area (TPSA) is 45.6 Å². The van der Waals surface area contributed by atoms with E-state index in [1.54, 1.807) is 26.2 Å². The van der Waals surface area contributed by atoms with Gasteiger partial charge in [-0.25, -0.2) is 4.39 Å². The Hall–Kier alpha value is -2.18. The lowest BCUT2D eigenvalue weighted by Gasteiger charge is -2.09. The summed E-state index contributed by atoms with van der Waals surface area (Å²) in [5, 5.41) is 7.74. The molecule has 2 aromatic carbocycles. The lowest BCUT2D eigenvalue weighted by Crippen LogP contribution is -2.25. The fourth-order valence-corrected chi connectivity index (χ4v) is 2.31. The highest BCUT2D eigenvalue weighted by Crippen LogP contribution is 2.18. The number of ether oxygens (including phenoxy) is 1. The maximum atomic E-state index is 13.0. The van der Waals surface area contributed by atoms with Crippen molar-refractivity contribution < 1.29 is 9.13 Å². The van der Waals surface area contributed by atoms with Crippen molar-refractivity contribution in [2.45, 2.75) is 6.92 Å². The van der Waals surface area contributed by atoms with Gasteiger partial charge < -0.3 is 10.1 Å². The zero-order chi connectivity index (χ0) is 16.8. The molecule has 0 atom stereocenters. The second-order valence-electron chi connectivity index (χ2n) is 4.62. The van der Waals surface area contributed by atoms with Crippen LogP contribution in [0.1, 0.15) is 12.5 Å². The number of anilines is 1. The van der Waals surface area contributed by atoms with Gasteiger partial charge in [0.15, 0.2) is 5.11 Å². The first-order valence-corrected chi connectivity index (χ1v) is 7.49. The van der Waals surface area contributed by atoms with Crippen molar-refractivity contribution in [1.82, 2.24) is 5.43 Å². The summed E-state index contributed by atoms with van der Waals surface area (Å²) in [6.45, 7) is 1.75. The lowest BCUT2D eigenvalue weighted by atomic mass is 10.1. The second-order valence-corrected chi connectivity index (χ2v) is 5.43. The molecule has 23 heavy (non-hydrogen) atoms. The van der Waals surface area contributed by atoms with Crippen LogP contribution in [0.2, 0.25) is 5.02 Å². The molecule has 0 spiro atoms. The number of hydrogen-bond acceptors (Lipinski definition) is 3. The lowest BCUT2D eigenvalue weighted by molar-refractivity contribution is 0.415. The molecule has 0 aliphatic carbocycles. The molecule has 0 radical (unpaired) electrons. The van der Waals surface area contributed by atoms with Crippen LogP contribution in [0.25, 0.3) is 0 Å². The highest BCUT2D eigenvalue weighted by molar-refractivity contribution is 7.80. The molecular weight excluding hydrogens is 337 g/mol. The maximum absolute atomic E-state index is 13.0. The maximum Gasteiger partial charge on any atom is 0.191 e. The summed E-state index contributed by atoms with van der Waals surface area (Å²) in [4.78, 5) is 0. The van der Waals surface area contributed by atoms with Crippen molar-refractivity contribution in [3.63, 3.8) is 0 Å². The van der Waals surface area contributed by atoms with E-state index in [1.807, 2.05) is 18.2 Å². The Balaban J connectivity index is 2.02. The van der Waals surface area contributed by atoms with Crippen molar-refractivity contribution in [3.8, 4) is 5.75 Å². The van der Waals surface area contributed by atoms with Gasteiger partial charge in [0, 0.05) is 17.3 Å². The van der Waals surface area contributed by atoms with E-state index < -0.39 is 5.82 Å². The van der Waals surface area contributed by atoms with Gasteiger partial charge in [-0.2, -0.15) is 5.10 Å². The molecular formula is C16H15ClFN3OS. The second kappa shape index (κ2) is 7.89. The first kappa shape index (κ1) is 17.2. The van der Waals surface area contributed by atoms with Gasteiger partial charge in [0.1, 0.15) is 11.6 Å². The number of nitrogens with one attached hydrogen (secondary N) is 2. The minimum Gasteiger partial charge on any atom is -0.497 e. The average Bonchev–Trinajstić information content (AvgIpc) is 2.53. The van der Waals surface area contributed by atoms with Gasteiger partial charge in [-0.15, -0.1) is 0 Å². The number of benzene rings is 2. The molecule has 0 fully saturated rings. The Bertz CT molecular complexity index is 752. The molecule has 0 aliphatic heterocycles. The SMILES string of the molecule is COc1cccc(NC(=S)N/N=C(/C)c2ccc(F)cc2Cl)c1. The monoisotopic (exact) mass is 351 g/mol. The van der Waals surface area contributed by atoms with Gasteiger partial charge in [-0.3, -0.25) is 5.43 Å². The van der Waals surface area contributed by atoms with E-state index in [1.165, 1.54) is 12.1 Å². The summed E-state index contributed by atoms with van der Waals surface area (Å²) in [5.41, 5.74) is 4.71. The van der Waals surface area contributed by atoms with Crippen LogP contribution in [0.15, 0.2) is 47.6 Å². The summed E-state index contributed by atoms with van der Waals surface area (Å²) in [6.07, 6.45) is 0. The predicted octanol–water partition coefficient (Wildman–Crippen LogP) is 4.20. The summed E-state index contributed by atoms with van der Waals surface area (Å²) in [7, 11) is 1.59. The van der Waals surface area contributed by atoms with Crippen molar-refractivity contribution in [3.05, 3.63) is 58.9 Å². The van der Waals surface area contributed by atoms with Crippen LogP contribution in [-0.2, 0) is 0 Å². The first-order valence-electron chi connectivity index (χ1n) is 6.70. The molecule has 0 heterocycles. The number of methoxy groups -OCH3 is 1. The highest BCUT2D eigenvalue weighted by atomic mass is 35.5. The van der Waals surface area contributed by atoms with Crippen LogP contribution >= 0.6 is 23.8 Å². The zero-order valence-corrected chi connectivity index (χ0v) is 14.1. The van der Waals surface area contributed by atoms with E-state index in [9.17, 15) is 4.39 Å². The standard InChI is InChI=1S/C16H15ClFN3OS/c1-10(14-7-6-11(18)8-15(14)17)20-21-16(23)19-12-4-3-5-13(9-12)22-2/h3-9H,1-2H3,(H2,19,21,23)/b20-10-. The molecule has 120 valence electrons. The van der Waals surface area contributed by atoms with Crippen LogP contribution < -0.4 is 15.5 Å². The Morgan fingerprint density at radius 1 is 1.26 bits per heavy atom. The molecule has 4 nitrogen and oxygen atoms in total. The summed E-state index contributed by atoms with van der Waals surface area (Å²) < 4.78 is 18.2. The molecule has 0 aliphatic rings. The molecule has 2 aromatic rings. The number of rotatable bonds is 4. The van der Waals surface area contributed by atoms with E-state index in [0.717, 1.165) is 11.4 Å². The molecule has 0 aromatic heterocycles. The van der Waals surface area contributed by atoms with Gasteiger partial charge in [0.25, 0.3) is 0 Å². The van der Waals surface area contributed by atoms with Crippen LogP contribution in [0, 0.1) is 5.82 Å². The van der Waals surface area contributed by atoms with Crippen LogP contribution in [0.5, 0.6) is 5.75 Å². The van der Waals surface area contributed by atoms with Crippen LogP contribution in [0.3, 0.4) is 0 Å². The van der Waals surface area contributed by atoms with Crippen molar-refractivity contribution in [2.24, 2.45) is 5.10 Å². The first-order chi connectivity index (χ1) is 11.0. The van der Waals surface area contributed by atoms with E-state index in [2.05, 4.69) is 15.8 Å². The van der Waals surface area contributed by atoms with Gasteiger partial charge in [0.05, 0.1) is 17.8 Å². The fraction of sp³-hybridized carbons (Fsp3) is 0.125. The van der Waals surface area contributed by atoms with Crippen LogP contribution in [-0.4, -0.2) is 17.9 Å². The Labute approximate surface area is 144 Å². The van der Waals surface area contributed by atoms with E-state index in [4.69, 9.17) is 28.6 Å². The number of nitrogens with zero attached hydrogens (tertiary/aromatic N) is 1. The molecule has 0 amide bonds. The van der Waals surface area contributed by atoms with Gasteiger partial charge in [-0.1, -0.05) is 17.7 Å². The van der Waals surface area contributed by atoms with Crippen molar-refractivity contribution in [2.75, 3.05) is 12.4 Å². The highest BCUT2D eigenvalue weighted by Gasteiger charge is 2.05. The quantitative estimate of drug-likeness (QED) is 0.492. The summed E-state index contributed by atoms with van der Waals surface area (Å²) in [5.74, 6) is 0.324. The van der Waals surface area contributed by atoms with E-state index in [-0.39, 0.29) is 0 Å². The Morgan fingerprint density at radius 3 is 2.74 bits per heavy atom. The molecule has 0 unspecified atom stereocenters. The normalized spacial score (nSPS) is 11.0. The molecule has 7 heteroatoms. The summed E-state index contributed by atoms with van der Waals surface area (Å²) in [6, 6.07) is 11.5. The Morgan fingerprint density at radius 2 is 2.04 bits per heavy atom. The summed E-state index contributed by atoms with van der Waals surface area (Å²) >= 11 is 11.2. The van der Waals surface area contributed by atoms with Gasteiger partial charge >= 0.3 is 0 Å². The fourth-order valence-electron chi connectivity index (χ4n) is 1.84. The van der Waals surface area contributed by atoms with Crippen molar-refractivity contribution in [1.29, 1.82) is 0 Å². The number of hydrazone groups is 1. The molecule has 0 saturated heterocycles. The smallest absolute Gasteiger partial charge is 0.191 e. The van der Waals surface area contributed by atoms with Gasteiger partial charge in [-0.05, 0) is 49.5 Å². The number of thiocarbonyl (C=S) groups is 1. The minimum atomic E-state index is -0.394. The zero-order valence-electron chi connectivity index (χ0n) is 12.6.